The van der Waals surface area contributed by atoms with Crippen LogP contribution in [0.2, 0.25) is 0 Å². The van der Waals surface area contributed by atoms with Gasteiger partial charge in [0, 0.05) is 21.5 Å². The third kappa shape index (κ3) is 3.78. The SMILES string of the molecule is COC(=O)c1c(NC(=O)C2CCCO2)sc(C)c1-c1ccc(Br)cc1. The molecular formula is C18H18BrNO4S. The number of hydrogen-bond acceptors (Lipinski definition) is 5. The highest BCUT2D eigenvalue weighted by molar-refractivity contribution is 9.10. The zero-order valence-corrected chi connectivity index (χ0v) is 16.3. The van der Waals surface area contributed by atoms with Crippen LogP contribution < -0.4 is 5.32 Å². The Bertz CT molecular complexity index is 794. The van der Waals surface area contributed by atoms with Crippen LogP contribution in [0.5, 0.6) is 0 Å². The van der Waals surface area contributed by atoms with Crippen molar-refractivity contribution in [2.24, 2.45) is 0 Å². The minimum absolute atomic E-state index is 0.216. The average molecular weight is 424 g/mol. The van der Waals surface area contributed by atoms with Crippen molar-refractivity contribution in [2.75, 3.05) is 19.0 Å². The van der Waals surface area contributed by atoms with Crippen molar-refractivity contribution in [1.29, 1.82) is 0 Å². The number of hydrogen-bond donors (Lipinski definition) is 1. The van der Waals surface area contributed by atoms with Crippen LogP contribution in [0.15, 0.2) is 28.7 Å². The van der Waals surface area contributed by atoms with Crippen molar-refractivity contribution in [2.45, 2.75) is 25.9 Å². The van der Waals surface area contributed by atoms with Crippen molar-refractivity contribution < 1.29 is 19.1 Å². The molecule has 0 saturated carbocycles. The standard InChI is InChI=1S/C18H18BrNO4S/c1-10-14(11-5-7-12(19)8-6-11)15(18(22)23-2)17(25-10)20-16(21)13-4-3-9-24-13/h5-8,13H,3-4,9H2,1-2H3,(H,20,21). The van der Waals surface area contributed by atoms with Crippen LogP contribution in [0, 0.1) is 6.92 Å². The van der Waals surface area contributed by atoms with Crippen LogP contribution in [0.4, 0.5) is 5.00 Å². The summed E-state index contributed by atoms with van der Waals surface area (Å²) in [5.41, 5.74) is 2.07. The largest absolute Gasteiger partial charge is 0.465 e. The van der Waals surface area contributed by atoms with Gasteiger partial charge in [-0.3, -0.25) is 4.79 Å². The monoisotopic (exact) mass is 423 g/mol. The smallest absolute Gasteiger partial charge is 0.341 e. The number of halogens is 1. The summed E-state index contributed by atoms with van der Waals surface area (Å²) in [5, 5.41) is 3.36. The lowest BCUT2D eigenvalue weighted by Crippen LogP contribution is -2.27. The van der Waals surface area contributed by atoms with Crippen molar-refractivity contribution in [3.8, 4) is 11.1 Å². The molecule has 2 heterocycles. The lowest BCUT2D eigenvalue weighted by Gasteiger charge is -2.11. The van der Waals surface area contributed by atoms with E-state index in [4.69, 9.17) is 9.47 Å². The molecule has 1 saturated heterocycles. The summed E-state index contributed by atoms with van der Waals surface area (Å²) in [5.74, 6) is -0.684. The van der Waals surface area contributed by atoms with Gasteiger partial charge in [-0.15, -0.1) is 11.3 Å². The van der Waals surface area contributed by atoms with Gasteiger partial charge in [0.2, 0.25) is 0 Å². The highest BCUT2D eigenvalue weighted by atomic mass is 79.9. The summed E-state index contributed by atoms with van der Waals surface area (Å²) in [6, 6.07) is 7.69. The van der Waals surface area contributed by atoms with E-state index in [2.05, 4.69) is 21.2 Å². The second kappa shape index (κ2) is 7.68. The number of aryl methyl sites for hydroxylation is 1. The molecule has 1 amide bonds. The Hall–Kier alpha value is -1.70. The molecule has 1 aliphatic rings. The lowest BCUT2D eigenvalue weighted by atomic mass is 10.0. The van der Waals surface area contributed by atoms with Crippen LogP contribution >= 0.6 is 27.3 Å². The summed E-state index contributed by atoms with van der Waals surface area (Å²) in [4.78, 5) is 25.7. The van der Waals surface area contributed by atoms with E-state index in [1.807, 2.05) is 31.2 Å². The summed E-state index contributed by atoms with van der Waals surface area (Å²) in [7, 11) is 1.34. The fourth-order valence-corrected chi connectivity index (χ4v) is 4.20. The average Bonchev–Trinajstić information content (AvgIpc) is 3.23. The van der Waals surface area contributed by atoms with E-state index in [0.29, 0.717) is 23.6 Å². The van der Waals surface area contributed by atoms with Gasteiger partial charge in [0.25, 0.3) is 5.91 Å². The molecule has 1 aromatic carbocycles. The molecule has 5 nitrogen and oxygen atoms in total. The zero-order valence-electron chi connectivity index (χ0n) is 13.9. The number of nitrogens with one attached hydrogen (secondary N) is 1. The van der Waals surface area contributed by atoms with Gasteiger partial charge in [-0.2, -0.15) is 0 Å². The Balaban J connectivity index is 2.00. The Morgan fingerprint density at radius 3 is 2.64 bits per heavy atom. The number of thiophene rings is 1. The topological polar surface area (TPSA) is 64.6 Å². The molecule has 2 aromatic rings. The molecule has 7 heteroatoms. The van der Waals surface area contributed by atoms with E-state index in [9.17, 15) is 9.59 Å². The minimum atomic E-state index is -0.468. The molecule has 1 aromatic heterocycles. The van der Waals surface area contributed by atoms with Gasteiger partial charge in [-0.1, -0.05) is 28.1 Å². The summed E-state index contributed by atoms with van der Waals surface area (Å²) in [6.07, 6.45) is 1.11. The third-order valence-electron chi connectivity index (χ3n) is 4.07. The van der Waals surface area contributed by atoms with Gasteiger partial charge in [0.15, 0.2) is 0 Å². The molecular weight excluding hydrogens is 406 g/mol. The van der Waals surface area contributed by atoms with E-state index in [-0.39, 0.29) is 5.91 Å². The first-order valence-corrected chi connectivity index (χ1v) is 9.52. The summed E-state index contributed by atoms with van der Waals surface area (Å²) in [6.45, 7) is 2.52. The molecule has 1 fully saturated rings. The maximum Gasteiger partial charge on any atom is 0.341 e. The van der Waals surface area contributed by atoms with Gasteiger partial charge in [-0.05, 0) is 37.5 Å². The van der Waals surface area contributed by atoms with Crippen LogP contribution in [-0.4, -0.2) is 31.7 Å². The van der Waals surface area contributed by atoms with Gasteiger partial charge in [0.05, 0.1) is 7.11 Å². The predicted octanol–water partition coefficient (Wildman–Crippen LogP) is 4.39. The van der Waals surface area contributed by atoms with Crippen molar-refractivity contribution in [3.05, 3.63) is 39.2 Å². The fourth-order valence-electron chi connectivity index (χ4n) is 2.87. The summed E-state index contributed by atoms with van der Waals surface area (Å²) >= 11 is 4.78. The van der Waals surface area contributed by atoms with Crippen molar-refractivity contribution in [3.63, 3.8) is 0 Å². The van der Waals surface area contributed by atoms with Crippen LogP contribution in [0.1, 0.15) is 28.1 Å². The molecule has 1 atom stereocenters. The number of rotatable bonds is 4. The van der Waals surface area contributed by atoms with E-state index < -0.39 is 12.1 Å². The number of amides is 1. The number of carbonyl (C=O) groups excluding carboxylic acids is 2. The van der Waals surface area contributed by atoms with Crippen LogP contribution in [-0.2, 0) is 14.3 Å². The second-order valence-corrected chi connectivity index (χ2v) is 7.87. The first-order valence-electron chi connectivity index (χ1n) is 7.91. The maximum absolute atomic E-state index is 12.4. The Morgan fingerprint density at radius 1 is 1.32 bits per heavy atom. The normalized spacial score (nSPS) is 16.7. The quantitative estimate of drug-likeness (QED) is 0.740. The summed E-state index contributed by atoms with van der Waals surface area (Å²) < 4.78 is 11.3. The molecule has 132 valence electrons. The highest BCUT2D eigenvalue weighted by Crippen LogP contribution is 2.40. The van der Waals surface area contributed by atoms with Gasteiger partial charge >= 0.3 is 5.97 Å². The molecule has 1 aliphatic heterocycles. The molecule has 1 N–H and O–H groups in total. The number of ether oxygens (including phenoxy) is 2. The first kappa shape index (κ1) is 18.1. The zero-order chi connectivity index (χ0) is 18.0. The minimum Gasteiger partial charge on any atom is -0.465 e. The molecule has 0 aliphatic carbocycles. The highest BCUT2D eigenvalue weighted by Gasteiger charge is 2.29. The van der Waals surface area contributed by atoms with E-state index in [1.54, 1.807) is 0 Å². The molecule has 3 rings (SSSR count). The van der Waals surface area contributed by atoms with E-state index in [0.717, 1.165) is 26.9 Å². The van der Waals surface area contributed by atoms with Crippen LogP contribution in [0.25, 0.3) is 11.1 Å². The fraction of sp³-hybridized carbons (Fsp3) is 0.333. The first-order chi connectivity index (χ1) is 12.0. The number of anilines is 1. The Kier molecular flexibility index (Phi) is 5.56. The Morgan fingerprint density at radius 2 is 2.04 bits per heavy atom. The third-order valence-corrected chi connectivity index (χ3v) is 5.61. The van der Waals surface area contributed by atoms with Gasteiger partial charge in [-0.25, -0.2) is 4.79 Å². The van der Waals surface area contributed by atoms with Crippen molar-refractivity contribution in [1.82, 2.24) is 0 Å². The van der Waals surface area contributed by atoms with Gasteiger partial charge in [0.1, 0.15) is 16.7 Å². The van der Waals surface area contributed by atoms with Crippen molar-refractivity contribution >= 4 is 44.1 Å². The number of methoxy groups -OCH3 is 1. The second-order valence-electron chi connectivity index (χ2n) is 5.73. The number of esters is 1. The number of carbonyl (C=O) groups is 2. The molecule has 1 unspecified atom stereocenters. The molecule has 0 spiro atoms. The molecule has 25 heavy (non-hydrogen) atoms. The van der Waals surface area contributed by atoms with Gasteiger partial charge < -0.3 is 14.8 Å². The number of benzene rings is 1. The molecule has 0 bridgehead atoms. The maximum atomic E-state index is 12.4. The predicted molar refractivity (Wildman–Crippen MR) is 101 cm³/mol. The Labute approximate surface area is 158 Å². The van der Waals surface area contributed by atoms with E-state index >= 15 is 0 Å². The van der Waals surface area contributed by atoms with Crippen LogP contribution in [0.3, 0.4) is 0 Å². The molecule has 0 radical (unpaired) electrons. The van der Waals surface area contributed by atoms with E-state index in [1.165, 1.54) is 18.4 Å². The lowest BCUT2D eigenvalue weighted by molar-refractivity contribution is -0.124.